The molecule has 4 nitrogen and oxygen atoms in total. The van der Waals surface area contributed by atoms with Crippen LogP contribution in [0, 0.1) is 11.3 Å². The zero-order valence-corrected chi connectivity index (χ0v) is 10.2. The van der Waals surface area contributed by atoms with Crippen molar-refractivity contribution in [3.63, 3.8) is 0 Å². The molecule has 0 amide bonds. The number of nitrogens with one attached hydrogen (secondary N) is 1. The van der Waals surface area contributed by atoms with Gasteiger partial charge in [0.05, 0.1) is 27.7 Å². The largest absolute Gasteiger partial charge is 0.315 e. The van der Waals surface area contributed by atoms with Gasteiger partial charge < -0.3 is 5.32 Å². The summed E-state index contributed by atoms with van der Waals surface area (Å²) < 4.78 is 12.0. The van der Waals surface area contributed by atoms with Gasteiger partial charge in [-0.15, -0.1) is 12.4 Å². The lowest BCUT2D eigenvalue weighted by Gasteiger charge is -2.07. The van der Waals surface area contributed by atoms with Crippen molar-refractivity contribution in [2.24, 2.45) is 0 Å². The van der Waals surface area contributed by atoms with Crippen LogP contribution in [0.5, 0.6) is 0 Å². The van der Waals surface area contributed by atoms with Crippen LogP contribution in [0.15, 0.2) is 23.4 Å². The van der Waals surface area contributed by atoms with Gasteiger partial charge in [-0.2, -0.15) is 5.26 Å². The van der Waals surface area contributed by atoms with E-state index >= 15 is 0 Å². The van der Waals surface area contributed by atoms with Gasteiger partial charge in [0, 0.05) is 12.7 Å². The summed E-state index contributed by atoms with van der Waals surface area (Å²) in [5.41, 5.74) is 0.513. The van der Waals surface area contributed by atoms with Crippen molar-refractivity contribution in [3.05, 3.63) is 23.9 Å². The molecule has 1 fully saturated rings. The molecule has 1 aliphatic rings. The smallest absolute Gasteiger partial charge is 0.128 e. The first kappa shape index (κ1) is 13.1. The summed E-state index contributed by atoms with van der Waals surface area (Å²) in [6.07, 6.45) is 2.44. The van der Waals surface area contributed by atoms with Gasteiger partial charge in [-0.25, -0.2) is 4.98 Å². The molecule has 1 saturated heterocycles. The molecule has 1 N–H and O–H groups in total. The van der Waals surface area contributed by atoms with Gasteiger partial charge in [0.25, 0.3) is 0 Å². The summed E-state index contributed by atoms with van der Waals surface area (Å²) in [7, 11) is -1.10. The van der Waals surface area contributed by atoms with Crippen molar-refractivity contribution < 1.29 is 4.21 Å². The number of hydrogen-bond donors (Lipinski definition) is 1. The quantitative estimate of drug-likeness (QED) is 0.853. The lowest BCUT2D eigenvalue weighted by molar-refractivity contribution is 0.669. The van der Waals surface area contributed by atoms with E-state index in [2.05, 4.69) is 10.3 Å². The molecule has 1 aliphatic heterocycles. The third-order valence-corrected chi connectivity index (χ3v) is 4.03. The lowest BCUT2D eigenvalue weighted by Crippen LogP contribution is -2.19. The highest BCUT2D eigenvalue weighted by molar-refractivity contribution is 7.85. The van der Waals surface area contributed by atoms with Crippen LogP contribution in [0.25, 0.3) is 0 Å². The maximum Gasteiger partial charge on any atom is 0.128 e. The number of rotatable bonds is 2. The van der Waals surface area contributed by atoms with E-state index in [9.17, 15) is 4.21 Å². The third kappa shape index (κ3) is 2.79. The summed E-state index contributed by atoms with van der Waals surface area (Å²) in [4.78, 5) is 4.05. The molecule has 16 heavy (non-hydrogen) atoms. The first-order valence-electron chi connectivity index (χ1n) is 4.78. The summed E-state index contributed by atoms with van der Waals surface area (Å²) in [6.45, 7) is 1.68. The van der Waals surface area contributed by atoms with E-state index in [1.807, 2.05) is 6.07 Å². The molecule has 0 aromatic carbocycles. The second kappa shape index (κ2) is 5.94. The Kier molecular flexibility index (Phi) is 4.87. The Bertz CT molecular complexity index is 426. The van der Waals surface area contributed by atoms with Crippen LogP contribution in [0.4, 0.5) is 0 Å². The normalized spacial score (nSPS) is 20.8. The standard InChI is InChI=1S/C10H11N3OS.ClH/c11-6-8-1-4-13-10(5-8)15(14)9-2-3-12-7-9;/h1,4-5,9,12H,2-3,7H2;1H. The van der Waals surface area contributed by atoms with Crippen molar-refractivity contribution in [1.29, 1.82) is 5.26 Å². The number of nitrogens with zero attached hydrogens (tertiary/aromatic N) is 2. The van der Waals surface area contributed by atoms with Crippen LogP contribution in [0.2, 0.25) is 0 Å². The Morgan fingerprint density at radius 1 is 1.62 bits per heavy atom. The van der Waals surface area contributed by atoms with Gasteiger partial charge in [-0.05, 0) is 25.1 Å². The third-order valence-electron chi connectivity index (χ3n) is 2.39. The Morgan fingerprint density at radius 2 is 2.44 bits per heavy atom. The molecular weight excluding hydrogens is 246 g/mol. The van der Waals surface area contributed by atoms with Gasteiger partial charge in [0.2, 0.25) is 0 Å². The maximum absolute atomic E-state index is 12.0. The van der Waals surface area contributed by atoms with E-state index in [-0.39, 0.29) is 17.7 Å². The van der Waals surface area contributed by atoms with Gasteiger partial charge in [-0.3, -0.25) is 4.21 Å². The fraction of sp³-hybridized carbons (Fsp3) is 0.400. The first-order chi connectivity index (χ1) is 7.31. The zero-order valence-electron chi connectivity index (χ0n) is 8.55. The van der Waals surface area contributed by atoms with Gasteiger partial charge in [0.15, 0.2) is 0 Å². The van der Waals surface area contributed by atoms with E-state index in [1.54, 1.807) is 12.1 Å². The fourth-order valence-electron chi connectivity index (χ4n) is 1.57. The molecule has 2 atom stereocenters. The summed E-state index contributed by atoms with van der Waals surface area (Å²) >= 11 is 0. The van der Waals surface area contributed by atoms with E-state index in [0.717, 1.165) is 19.5 Å². The minimum Gasteiger partial charge on any atom is -0.315 e. The van der Waals surface area contributed by atoms with Crippen LogP contribution < -0.4 is 5.32 Å². The maximum atomic E-state index is 12.0. The summed E-state index contributed by atoms with van der Waals surface area (Å²) in [5, 5.41) is 12.5. The molecule has 0 saturated carbocycles. The Morgan fingerprint density at radius 3 is 3.06 bits per heavy atom. The number of aromatic nitrogens is 1. The number of nitriles is 1. The number of hydrogen-bond acceptors (Lipinski definition) is 4. The highest BCUT2D eigenvalue weighted by atomic mass is 35.5. The Balaban J connectivity index is 0.00000128. The minimum absolute atomic E-state index is 0. The average molecular weight is 258 g/mol. The lowest BCUT2D eigenvalue weighted by atomic mass is 10.3. The van der Waals surface area contributed by atoms with E-state index in [4.69, 9.17) is 5.26 Å². The molecule has 2 rings (SSSR count). The number of pyridine rings is 1. The molecule has 1 aromatic rings. The Labute approximate surface area is 103 Å². The predicted octanol–water partition coefficient (Wildman–Crippen LogP) is 0.845. The number of halogens is 1. The Hall–Kier alpha value is -0.960. The predicted molar refractivity (Wildman–Crippen MR) is 63.9 cm³/mol. The van der Waals surface area contributed by atoms with Crippen LogP contribution in [-0.4, -0.2) is 27.5 Å². The van der Waals surface area contributed by atoms with E-state index in [1.165, 1.54) is 6.20 Å². The molecule has 86 valence electrons. The molecule has 2 unspecified atom stereocenters. The molecule has 0 spiro atoms. The molecule has 0 aliphatic carbocycles. The van der Waals surface area contributed by atoms with Crippen LogP contribution >= 0.6 is 12.4 Å². The van der Waals surface area contributed by atoms with Crippen LogP contribution in [-0.2, 0) is 10.8 Å². The van der Waals surface area contributed by atoms with Gasteiger partial charge in [0.1, 0.15) is 5.03 Å². The topological polar surface area (TPSA) is 65.8 Å². The van der Waals surface area contributed by atoms with Crippen LogP contribution in [0.3, 0.4) is 0 Å². The summed E-state index contributed by atoms with van der Waals surface area (Å²) in [5.74, 6) is 0. The van der Waals surface area contributed by atoms with Gasteiger partial charge in [-0.1, -0.05) is 0 Å². The molecule has 0 bridgehead atoms. The van der Waals surface area contributed by atoms with E-state index < -0.39 is 10.8 Å². The first-order valence-corrected chi connectivity index (χ1v) is 6.00. The van der Waals surface area contributed by atoms with Crippen molar-refractivity contribution in [2.45, 2.75) is 16.7 Å². The van der Waals surface area contributed by atoms with Crippen molar-refractivity contribution in [3.8, 4) is 6.07 Å². The monoisotopic (exact) mass is 257 g/mol. The molecule has 2 heterocycles. The molecule has 1 aromatic heterocycles. The van der Waals surface area contributed by atoms with Crippen molar-refractivity contribution >= 4 is 23.2 Å². The average Bonchev–Trinajstić information content (AvgIpc) is 2.81. The fourth-order valence-corrected chi connectivity index (χ4v) is 2.92. The second-order valence-corrected chi connectivity index (χ2v) is 5.09. The minimum atomic E-state index is -1.10. The van der Waals surface area contributed by atoms with Crippen LogP contribution in [0.1, 0.15) is 12.0 Å². The van der Waals surface area contributed by atoms with E-state index in [0.29, 0.717) is 10.6 Å². The highest BCUT2D eigenvalue weighted by Gasteiger charge is 2.23. The van der Waals surface area contributed by atoms with Gasteiger partial charge >= 0.3 is 0 Å². The summed E-state index contributed by atoms with van der Waals surface area (Å²) in [6, 6.07) is 5.25. The molecular formula is C10H12ClN3OS. The molecule has 6 heteroatoms. The zero-order chi connectivity index (χ0) is 10.7. The van der Waals surface area contributed by atoms with Crippen molar-refractivity contribution in [2.75, 3.05) is 13.1 Å². The molecule has 0 radical (unpaired) electrons. The highest BCUT2D eigenvalue weighted by Crippen LogP contribution is 2.14. The second-order valence-electron chi connectivity index (χ2n) is 3.41. The van der Waals surface area contributed by atoms with Crippen molar-refractivity contribution in [1.82, 2.24) is 10.3 Å². The SMILES string of the molecule is Cl.N#Cc1ccnc(S(=O)C2CCNC2)c1.